The third-order valence-electron chi connectivity index (χ3n) is 2.47. The van der Waals surface area contributed by atoms with Gasteiger partial charge in [-0.3, -0.25) is 0 Å². The lowest BCUT2D eigenvalue weighted by atomic mass is 10.2. The number of nitriles is 1. The number of benzene rings is 1. The van der Waals surface area contributed by atoms with Gasteiger partial charge in [-0.2, -0.15) is 13.7 Å². The van der Waals surface area contributed by atoms with Gasteiger partial charge in [-0.05, 0) is 30.5 Å². The monoisotopic (exact) mass is 305 g/mol. The number of rotatable bonds is 4. The Labute approximate surface area is 121 Å². The van der Waals surface area contributed by atoms with Crippen LogP contribution in [0.5, 0.6) is 0 Å². The zero-order valence-electron chi connectivity index (χ0n) is 10.6. The van der Waals surface area contributed by atoms with Crippen molar-refractivity contribution in [3.8, 4) is 6.07 Å². The van der Waals surface area contributed by atoms with Gasteiger partial charge in [0.05, 0.1) is 17.0 Å². The smallest absolute Gasteiger partial charge is 0.339 e. The zero-order chi connectivity index (χ0) is 14.6. The van der Waals surface area contributed by atoms with Crippen molar-refractivity contribution < 1.29 is 12.6 Å². The summed E-state index contributed by atoms with van der Waals surface area (Å²) in [7, 11) is -3.94. The van der Waals surface area contributed by atoms with E-state index in [-0.39, 0.29) is 10.7 Å². The number of hydrogen-bond donors (Lipinski definition) is 0. The first-order valence-electron chi connectivity index (χ1n) is 5.68. The molecule has 0 atom stereocenters. The number of hydrogen-bond acceptors (Lipinski definition) is 5. The van der Waals surface area contributed by atoms with Gasteiger partial charge < -0.3 is 4.18 Å². The molecule has 2 aromatic rings. The average molecular weight is 305 g/mol. The second kappa shape index (κ2) is 5.90. The van der Waals surface area contributed by atoms with Crippen molar-refractivity contribution in [3.05, 3.63) is 58.3 Å². The van der Waals surface area contributed by atoms with Gasteiger partial charge in [-0.1, -0.05) is 23.8 Å². The van der Waals surface area contributed by atoms with E-state index in [0.717, 1.165) is 11.6 Å². The number of thiophene rings is 1. The summed E-state index contributed by atoms with van der Waals surface area (Å²) >= 11 is 1.30. The summed E-state index contributed by atoms with van der Waals surface area (Å²) in [6, 6.07) is 11.6. The summed E-state index contributed by atoms with van der Waals surface area (Å²) < 4.78 is 29.4. The molecule has 1 aromatic heterocycles. The van der Waals surface area contributed by atoms with Crippen LogP contribution in [0.1, 0.15) is 10.4 Å². The summed E-state index contributed by atoms with van der Waals surface area (Å²) in [5.74, 6) is 0.0306. The second-order valence-electron chi connectivity index (χ2n) is 3.97. The van der Waals surface area contributed by atoms with Gasteiger partial charge in [0.15, 0.2) is 5.76 Å². The standard InChI is InChI=1S/C14H11NO3S2/c1-11-4-6-12(7-5-11)20(16,17)18-13(8-9-15)14-3-2-10-19-14/h2-8,10H,1H3/b13-8+. The van der Waals surface area contributed by atoms with Gasteiger partial charge in [-0.15, -0.1) is 11.3 Å². The fourth-order valence-electron chi connectivity index (χ4n) is 1.48. The van der Waals surface area contributed by atoms with E-state index in [9.17, 15) is 8.42 Å². The van der Waals surface area contributed by atoms with Gasteiger partial charge in [0.25, 0.3) is 0 Å². The largest absolute Gasteiger partial charge is 0.377 e. The first-order valence-corrected chi connectivity index (χ1v) is 7.96. The van der Waals surface area contributed by atoms with E-state index < -0.39 is 10.1 Å². The summed E-state index contributed by atoms with van der Waals surface area (Å²) in [4.78, 5) is 0.644. The highest BCUT2D eigenvalue weighted by molar-refractivity contribution is 7.87. The molecule has 0 aliphatic carbocycles. The summed E-state index contributed by atoms with van der Waals surface area (Å²) in [5.41, 5.74) is 0.954. The predicted octanol–water partition coefficient (Wildman–Crippen LogP) is 3.33. The fraction of sp³-hybridized carbons (Fsp3) is 0.0714. The molecule has 0 saturated carbocycles. The Morgan fingerprint density at radius 1 is 1.30 bits per heavy atom. The Morgan fingerprint density at radius 3 is 2.55 bits per heavy atom. The summed E-state index contributed by atoms with van der Waals surface area (Å²) in [6.07, 6.45) is 1.08. The highest BCUT2D eigenvalue weighted by atomic mass is 32.2. The van der Waals surface area contributed by atoms with Crippen molar-refractivity contribution in [2.24, 2.45) is 0 Å². The van der Waals surface area contributed by atoms with Crippen LogP contribution < -0.4 is 0 Å². The Morgan fingerprint density at radius 2 is 2.00 bits per heavy atom. The Balaban J connectivity index is 2.34. The van der Waals surface area contributed by atoms with Crippen LogP contribution in [-0.4, -0.2) is 8.42 Å². The molecule has 0 bridgehead atoms. The van der Waals surface area contributed by atoms with Crippen molar-refractivity contribution in [1.82, 2.24) is 0 Å². The zero-order valence-corrected chi connectivity index (χ0v) is 12.2. The van der Waals surface area contributed by atoms with Crippen LogP contribution in [0.25, 0.3) is 5.76 Å². The Hall–Kier alpha value is -2.10. The second-order valence-corrected chi connectivity index (χ2v) is 6.46. The van der Waals surface area contributed by atoms with Gasteiger partial charge >= 0.3 is 10.1 Å². The van der Waals surface area contributed by atoms with Gasteiger partial charge in [-0.25, -0.2) is 0 Å². The number of nitrogens with zero attached hydrogens (tertiary/aromatic N) is 1. The maximum Gasteiger partial charge on any atom is 0.339 e. The minimum atomic E-state index is -3.94. The van der Waals surface area contributed by atoms with Crippen molar-refractivity contribution in [3.63, 3.8) is 0 Å². The first kappa shape index (κ1) is 14.3. The molecule has 0 amide bonds. The molecular formula is C14H11NO3S2. The van der Waals surface area contributed by atoms with Crippen LogP contribution in [0.3, 0.4) is 0 Å². The van der Waals surface area contributed by atoms with Gasteiger partial charge in [0.2, 0.25) is 0 Å². The quantitative estimate of drug-likeness (QED) is 0.493. The van der Waals surface area contributed by atoms with Crippen LogP contribution in [0.2, 0.25) is 0 Å². The van der Waals surface area contributed by atoms with E-state index in [2.05, 4.69) is 0 Å². The van der Waals surface area contributed by atoms with Crippen LogP contribution in [0, 0.1) is 18.3 Å². The molecule has 0 unspecified atom stereocenters. The highest BCUT2D eigenvalue weighted by Crippen LogP contribution is 2.26. The SMILES string of the molecule is Cc1ccc(S(=O)(=O)O/C(=C/C#N)c2cccs2)cc1. The van der Waals surface area contributed by atoms with E-state index in [1.807, 2.05) is 6.92 Å². The van der Waals surface area contributed by atoms with Gasteiger partial charge in [0, 0.05) is 0 Å². The molecule has 0 aliphatic heterocycles. The van der Waals surface area contributed by atoms with Crippen LogP contribution >= 0.6 is 11.3 Å². The van der Waals surface area contributed by atoms with Crippen LogP contribution in [0.15, 0.2) is 52.7 Å². The molecular weight excluding hydrogens is 294 g/mol. The third kappa shape index (κ3) is 3.26. The molecule has 0 spiro atoms. The lowest BCUT2D eigenvalue weighted by molar-refractivity contribution is 0.464. The maximum absolute atomic E-state index is 12.2. The molecule has 0 saturated heterocycles. The molecule has 0 fully saturated rings. The third-order valence-corrected chi connectivity index (χ3v) is 4.60. The Bertz CT molecular complexity index is 752. The van der Waals surface area contributed by atoms with E-state index in [1.54, 1.807) is 35.7 Å². The molecule has 0 aliphatic rings. The summed E-state index contributed by atoms with van der Waals surface area (Å²) in [6.45, 7) is 1.86. The first-order chi connectivity index (χ1) is 9.53. The van der Waals surface area contributed by atoms with E-state index >= 15 is 0 Å². The normalized spacial score (nSPS) is 11.9. The van der Waals surface area contributed by atoms with Crippen molar-refractivity contribution >= 4 is 27.2 Å². The van der Waals surface area contributed by atoms with E-state index in [4.69, 9.17) is 9.44 Å². The van der Waals surface area contributed by atoms with Crippen molar-refractivity contribution in [2.75, 3.05) is 0 Å². The molecule has 1 aromatic carbocycles. The molecule has 0 N–H and O–H groups in total. The Kier molecular flexibility index (Phi) is 4.23. The lowest BCUT2D eigenvalue weighted by Gasteiger charge is -2.08. The van der Waals surface area contributed by atoms with Crippen molar-refractivity contribution in [2.45, 2.75) is 11.8 Å². The molecule has 102 valence electrons. The van der Waals surface area contributed by atoms with Crippen LogP contribution in [-0.2, 0) is 14.3 Å². The molecule has 2 rings (SSSR count). The predicted molar refractivity (Wildman–Crippen MR) is 77.4 cm³/mol. The van der Waals surface area contributed by atoms with Crippen molar-refractivity contribution in [1.29, 1.82) is 5.26 Å². The lowest BCUT2D eigenvalue weighted by Crippen LogP contribution is -2.05. The van der Waals surface area contributed by atoms with E-state index in [1.165, 1.54) is 23.5 Å². The molecule has 4 nitrogen and oxygen atoms in total. The average Bonchev–Trinajstić information content (AvgIpc) is 2.92. The number of aryl methyl sites for hydroxylation is 1. The minimum Gasteiger partial charge on any atom is -0.377 e. The highest BCUT2D eigenvalue weighted by Gasteiger charge is 2.19. The molecule has 6 heteroatoms. The van der Waals surface area contributed by atoms with Crippen LogP contribution in [0.4, 0.5) is 0 Å². The molecule has 20 heavy (non-hydrogen) atoms. The molecule has 0 radical (unpaired) electrons. The molecule has 1 heterocycles. The van der Waals surface area contributed by atoms with Gasteiger partial charge in [0.1, 0.15) is 4.90 Å². The van der Waals surface area contributed by atoms with E-state index in [0.29, 0.717) is 4.88 Å². The maximum atomic E-state index is 12.2. The minimum absolute atomic E-state index is 0.0306. The number of allylic oxidation sites excluding steroid dienone is 1. The summed E-state index contributed by atoms with van der Waals surface area (Å²) in [5, 5.41) is 10.5. The topological polar surface area (TPSA) is 67.2 Å². The fourth-order valence-corrected chi connectivity index (χ4v) is 3.16.